The third kappa shape index (κ3) is 5.35. The molecule has 0 heterocycles. The normalized spacial score (nSPS) is 15.8. The quantitative estimate of drug-likeness (QED) is 0.522. The number of carbonyl (C=O) groups is 1. The molecule has 1 aliphatic carbocycles. The number of carboxylic acids is 1. The topological polar surface area (TPSA) is 66.8 Å². The van der Waals surface area contributed by atoms with E-state index in [9.17, 15) is 15.0 Å². The molecular formula is C25H33ClO4. The van der Waals surface area contributed by atoms with Gasteiger partial charge in [0, 0.05) is 11.0 Å². The minimum atomic E-state index is -0.891. The maximum atomic E-state index is 11.3. The Morgan fingerprint density at radius 2 is 1.87 bits per heavy atom. The highest BCUT2D eigenvalue weighted by Crippen LogP contribution is 2.43. The smallest absolute Gasteiger partial charge is 0.331 e. The third-order valence-corrected chi connectivity index (χ3v) is 6.31. The molecule has 4 nitrogen and oxygen atoms in total. The van der Waals surface area contributed by atoms with E-state index >= 15 is 0 Å². The molecule has 1 aliphatic rings. The molecule has 1 aromatic carbocycles. The zero-order valence-electron chi connectivity index (χ0n) is 18.5. The maximum Gasteiger partial charge on any atom is 0.331 e. The first-order valence-electron chi connectivity index (χ1n) is 10.5. The predicted octanol–water partition coefficient (Wildman–Crippen LogP) is 6.08. The van der Waals surface area contributed by atoms with Crippen molar-refractivity contribution in [3.05, 3.63) is 64.2 Å². The number of aliphatic carboxylic acids is 1. The average molecular weight is 433 g/mol. The molecule has 0 saturated carbocycles. The van der Waals surface area contributed by atoms with Gasteiger partial charge in [0.2, 0.25) is 0 Å². The molecule has 2 N–H and O–H groups in total. The molecule has 0 amide bonds. The number of aliphatic hydroxyl groups excluding tert-OH is 1. The van der Waals surface area contributed by atoms with E-state index in [1.54, 1.807) is 6.08 Å². The molecule has 0 aromatic heterocycles. The van der Waals surface area contributed by atoms with E-state index in [0.717, 1.165) is 24.0 Å². The fourth-order valence-corrected chi connectivity index (χ4v) is 3.91. The molecular weight excluding hydrogens is 400 g/mol. The Balaban J connectivity index is 2.36. The fourth-order valence-electron chi connectivity index (χ4n) is 3.67. The van der Waals surface area contributed by atoms with Crippen LogP contribution in [0, 0.1) is 5.41 Å². The Morgan fingerprint density at radius 1 is 1.20 bits per heavy atom. The molecule has 0 bridgehead atoms. The van der Waals surface area contributed by atoms with Crippen molar-refractivity contribution >= 4 is 17.6 Å². The highest BCUT2D eigenvalue weighted by Gasteiger charge is 2.32. The molecule has 2 rings (SSSR count). The summed E-state index contributed by atoms with van der Waals surface area (Å²) >= 11 is 6.55. The summed E-state index contributed by atoms with van der Waals surface area (Å²) in [5.74, 6) is -0.346. The van der Waals surface area contributed by atoms with Crippen LogP contribution in [0.1, 0.15) is 59.4 Å². The Kier molecular flexibility index (Phi) is 7.95. The van der Waals surface area contributed by atoms with E-state index in [4.69, 9.17) is 16.3 Å². The van der Waals surface area contributed by atoms with E-state index in [0.29, 0.717) is 22.8 Å². The standard InChI is InChI=1S/C25H33ClO4/c1-6-25(7-2,18-10-8-9-17(11-12-18)23(28)29)19-13-14-21(20(26)15-19)30-16-22(27)24(3,4)5/h8,10-15,22,27H,6-7,9,16H2,1-5H3,(H,28,29). The van der Waals surface area contributed by atoms with Gasteiger partial charge in [0.05, 0.1) is 11.1 Å². The zero-order valence-corrected chi connectivity index (χ0v) is 19.3. The first-order chi connectivity index (χ1) is 14.0. The van der Waals surface area contributed by atoms with Gasteiger partial charge in [0.1, 0.15) is 12.4 Å². The molecule has 0 saturated heterocycles. The molecule has 164 valence electrons. The summed E-state index contributed by atoms with van der Waals surface area (Å²) in [5.41, 5.74) is 1.95. The van der Waals surface area contributed by atoms with Gasteiger partial charge < -0.3 is 14.9 Å². The Labute approximate surface area is 184 Å². The van der Waals surface area contributed by atoms with Gasteiger partial charge in [-0.25, -0.2) is 4.79 Å². The summed E-state index contributed by atoms with van der Waals surface area (Å²) in [6.45, 7) is 10.3. The van der Waals surface area contributed by atoms with Crippen LogP contribution in [0.3, 0.4) is 0 Å². The molecule has 0 aliphatic heterocycles. The second kappa shape index (κ2) is 9.84. The van der Waals surface area contributed by atoms with E-state index in [1.807, 2.05) is 57.2 Å². The van der Waals surface area contributed by atoms with E-state index < -0.39 is 12.1 Å². The van der Waals surface area contributed by atoms with Crippen LogP contribution in [-0.2, 0) is 10.2 Å². The van der Waals surface area contributed by atoms with Crippen molar-refractivity contribution in [2.45, 2.75) is 65.4 Å². The molecule has 1 aromatic rings. The molecule has 0 spiro atoms. The lowest BCUT2D eigenvalue weighted by Gasteiger charge is -2.34. The highest BCUT2D eigenvalue weighted by molar-refractivity contribution is 6.32. The molecule has 30 heavy (non-hydrogen) atoms. The summed E-state index contributed by atoms with van der Waals surface area (Å²) in [5, 5.41) is 20.0. The monoisotopic (exact) mass is 432 g/mol. The van der Waals surface area contributed by atoms with Gasteiger partial charge >= 0.3 is 5.97 Å². The van der Waals surface area contributed by atoms with Crippen LogP contribution >= 0.6 is 11.6 Å². The second-order valence-corrected chi connectivity index (χ2v) is 9.26. The van der Waals surface area contributed by atoms with Crippen molar-refractivity contribution in [1.82, 2.24) is 0 Å². The molecule has 1 atom stereocenters. The number of ether oxygens (including phenoxy) is 1. The first kappa shape index (κ1) is 24.2. The minimum Gasteiger partial charge on any atom is -0.489 e. The van der Waals surface area contributed by atoms with Crippen molar-refractivity contribution < 1.29 is 19.7 Å². The lowest BCUT2D eigenvalue weighted by Crippen LogP contribution is -2.32. The summed E-state index contributed by atoms with van der Waals surface area (Å²) in [7, 11) is 0. The van der Waals surface area contributed by atoms with Gasteiger partial charge in [0.15, 0.2) is 0 Å². The lowest BCUT2D eigenvalue weighted by atomic mass is 9.70. The number of rotatable bonds is 8. The van der Waals surface area contributed by atoms with Crippen LogP contribution in [0.2, 0.25) is 5.02 Å². The van der Waals surface area contributed by atoms with Crippen molar-refractivity contribution in [3.63, 3.8) is 0 Å². The maximum absolute atomic E-state index is 11.3. The van der Waals surface area contributed by atoms with E-state index in [-0.39, 0.29) is 17.4 Å². The van der Waals surface area contributed by atoms with E-state index in [1.165, 1.54) is 0 Å². The summed E-state index contributed by atoms with van der Waals surface area (Å²) in [4.78, 5) is 11.3. The molecule has 0 radical (unpaired) electrons. The van der Waals surface area contributed by atoms with Crippen molar-refractivity contribution in [1.29, 1.82) is 0 Å². The van der Waals surface area contributed by atoms with Gasteiger partial charge in [-0.15, -0.1) is 0 Å². The number of aliphatic hydroxyl groups is 1. The van der Waals surface area contributed by atoms with Crippen LogP contribution in [0.15, 0.2) is 53.6 Å². The SMILES string of the molecule is CCC(CC)(C1=CC=C(C(=O)O)CC=C1)c1ccc(OCC(O)C(C)(C)C)c(Cl)c1. The highest BCUT2D eigenvalue weighted by atomic mass is 35.5. The minimum absolute atomic E-state index is 0.173. The first-order valence-corrected chi connectivity index (χ1v) is 10.8. The van der Waals surface area contributed by atoms with Gasteiger partial charge in [0.25, 0.3) is 0 Å². The van der Waals surface area contributed by atoms with Crippen LogP contribution < -0.4 is 4.74 Å². The molecule has 5 heteroatoms. The lowest BCUT2D eigenvalue weighted by molar-refractivity contribution is -0.132. The number of allylic oxidation sites excluding steroid dienone is 5. The van der Waals surface area contributed by atoms with Gasteiger partial charge in [-0.05, 0) is 47.9 Å². The Hall–Kier alpha value is -2.04. The summed E-state index contributed by atoms with van der Waals surface area (Å²) in [6, 6.07) is 5.79. The number of carboxylic acid groups (broad SMARTS) is 1. The Bertz CT molecular complexity index is 854. The summed E-state index contributed by atoms with van der Waals surface area (Å²) in [6.07, 6.45) is 9.04. The predicted molar refractivity (Wildman–Crippen MR) is 122 cm³/mol. The van der Waals surface area contributed by atoms with Crippen molar-refractivity contribution in [3.8, 4) is 5.75 Å². The van der Waals surface area contributed by atoms with Crippen LogP contribution in [0.25, 0.3) is 0 Å². The number of hydrogen-bond acceptors (Lipinski definition) is 3. The molecule has 0 fully saturated rings. The van der Waals surface area contributed by atoms with Crippen molar-refractivity contribution in [2.75, 3.05) is 6.61 Å². The van der Waals surface area contributed by atoms with Crippen LogP contribution in [0.5, 0.6) is 5.75 Å². The molecule has 1 unspecified atom stereocenters. The fraction of sp³-hybridized carbons (Fsp3) is 0.480. The zero-order chi connectivity index (χ0) is 22.5. The van der Waals surface area contributed by atoms with Gasteiger partial charge in [-0.3, -0.25) is 0 Å². The number of benzene rings is 1. The van der Waals surface area contributed by atoms with Crippen molar-refractivity contribution in [2.24, 2.45) is 5.41 Å². The number of hydrogen-bond donors (Lipinski definition) is 2. The largest absolute Gasteiger partial charge is 0.489 e. The summed E-state index contributed by atoms with van der Waals surface area (Å²) < 4.78 is 5.78. The number of halogens is 1. The Morgan fingerprint density at radius 3 is 2.40 bits per heavy atom. The van der Waals surface area contributed by atoms with Gasteiger partial charge in [-0.2, -0.15) is 0 Å². The van der Waals surface area contributed by atoms with Crippen LogP contribution in [-0.4, -0.2) is 28.9 Å². The van der Waals surface area contributed by atoms with E-state index in [2.05, 4.69) is 13.8 Å². The van der Waals surface area contributed by atoms with Gasteiger partial charge in [-0.1, -0.05) is 76.6 Å². The second-order valence-electron chi connectivity index (χ2n) is 8.85. The third-order valence-electron chi connectivity index (χ3n) is 6.01. The average Bonchev–Trinajstić information content (AvgIpc) is 2.94. The van der Waals surface area contributed by atoms with Crippen LogP contribution in [0.4, 0.5) is 0 Å².